The Morgan fingerprint density at radius 2 is 2.14 bits per heavy atom. The minimum Gasteiger partial charge on any atom is -0.479 e. The van der Waals surface area contributed by atoms with Crippen molar-refractivity contribution in [3.8, 4) is 0 Å². The molecule has 3 N–H and O–H groups in total. The van der Waals surface area contributed by atoms with Crippen molar-refractivity contribution < 1.29 is 24.4 Å². The molecule has 1 aromatic rings. The van der Waals surface area contributed by atoms with Crippen LogP contribution in [0.2, 0.25) is 0 Å². The SMILES string of the molecule is COC(CNC(=O)Nc1ccc(C)c([N+](=O)[O-])c1)C(=O)O. The van der Waals surface area contributed by atoms with E-state index < -0.39 is 23.0 Å². The number of carbonyl (C=O) groups excluding carboxylic acids is 1. The summed E-state index contributed by atoms with van der Waals surface area (Å²) < 4.78 is 4.65. The van der Waals surface area contributed by atoms with Crippen LogP contribution in [0.3, 0.4) is 0 Å². The van der Waals surface area contributed by atoms with Gasteiger partial charge in [-0.3, -0.25) is 10.1 Å². The number of hydrogen-bond donors (Lipinski definition) is 3. The highest BCUT2D eigenvalue weighted by atomic mass is 16.6. The summed E-state index contributed by atoms with van der Waals surface area (Å²) in [5.74, 6) is -1.20. The van der Waals surface area contributed by atoms with Crippen molar-refractivity contribution in [3.63, 3.8) is 0 Å². The zero-order chi connectivity index (χ0) is 16.0. The fourth-order valence-electron chi connectivity index (χ4n) is 1.52. The topological polar surface area (TPSA) is 131 Å². The van der Waals surface area contributed by atoms with Gasteiger partial charge in [-0.1, -0.05) is 6.07 Å². The average Bonchev–Trinajstić information content (AvgIpc) is 2.41. The van der Waals surface area contributed by atoms with Crippen molar-refractivity contribution >= 4 is 23.4 Å². The lowest BCUT2D eigenvalue weighted by molar-refractivity contribution is -0.385. The number of carboxylic acid groups (broad SMARTS) is 1. The molecular formula is C12H15N3O6. The zero-order valence-electron chi connectivity index (χ0n) is 11.5. The molecule has 0 saturated carbocycles. The predicted molar refractivity (Wildman–Crippen MR) is 73.3 cm³/mol. The van der Waals surface area contributed by atoms with Crippen LogP contribution in [0, 0.1) is 17.0 Å². The number of nitro groups is 1. The Morgan fingerprint density at radius 1 is 1.48 bits per heavy atom. The standard InChI is InChI=1S/C12H15N3O6/c1-7-3-4-8(5-9(7)15(19)20)14-12(18)13-6-10(21-2)11(16)17/h3-5,10H,6H2,1-2H3,(H,16,17)(H2,13,14,18). The maximum Gasteiger partial charge on any atom is 0.334 e. The van der Waals surface area contributed by atoms with Crippen LogP contribution in [-0.2, 0) is 9.53 Å². The van der Waals surface area contributed by atoms with E-state index in [0.29, 0.717) is 5.56 Å². The number of aliphatic carboxylic acids is 1. The first-order valence-electron chi connectivity index (χ1n) is 5.90. The number of aryl methyl sites for hydroxylation is 1. The lowest BCUT2D eigenvalue weighted by Crippen LogP contribution is -2.39. The highest BCUT2D eigenvalue weighted by Crippen LogP contribution is 2.22. The van der Waals surface area contributed by atoms with Crippen molar-refractivity contribution in [3.05, 3.63) is 33.9 Å². The van der Waals surface area contributed by atoms with Crippen LogP contribution in [0.4, 0.5) is 16.2 Å². The molecule has 0 saturated heterocycles. The number of hydrogen-bond acceptors (Lipinski definition) is 5. The van der Waals surface area contributed by atoms with Crippen molar-refractivity contribution in [2.45, 2.75) is 13.0 Å². The quantitative estimate of drug-likeness (QED) is 0.532. The van der Waals surface area contributed by atoms with Gasteiger partial charge in [0.15, 0.2) is 6.10 Å². The second kappa shape index (κ2) is 7.20. The number of amides is 2. The molecule has 0 bridgehead atoms. The predicted octanol–water partition coefficient (Wildman–Crippen LogP) is 1.12. The summed E-state index contributed by atoms with van der Waals surface area (Å²) in [6.45, 7) is 1.35. The van der Waals surface area contributed by atoms with Crippen LogP contribution < -0.4 is 10.6 Å². The van der Waals surface area contributed by atoms with Crippen LogP contribution in [-0.4, -0.2) is 41.8 Å². The van der Waals surface area contributed by atoms with Crippen LogP contribution >= 0.6 is 0 Å². The molecular weight excluding hydrogens is 282 g/mol. The number of carboxylic acids is 1. The van der Waals surface area contributed by atoms with Crippen molar-refractivity contribution in [1.29, 1.82) is 0 Å². The number of carbonyl (C=O) groups is 2. The van der Waals surface area contributed by atoms with Gasteiger partial charge in [0, 0.05) is 24.4 Å². The lowest BCUT2D eigenvalue weighted by atomic mass is 10.2. The highest BCUT2D eigenvalue weighted by Gasteiger charge is 2.17. The number of benzene rings is 1. The van der Waals surface area contributed by atoms with Gasteiger partial charge in [0.2, 0.25) is 0 Å². The first-order valence-corrected chi connectivity index (χ1v) is 5.90. The normalized spacial score (nSPS) is 11.5. The highest BCUT2D eigenvalue weighted by molar-refractivity contribution is 5.90. The second-order valence-electron chi connectivity index (χ2n) is 4.16. The van der Waals surface area contributed by atoms with Gasteiger partial charge >= 0.3 is 12.0 Å². The van der Waals surface area contributed by atoms with Gasteiger partial charge < -0.3 is 20.5 Å². The van der Waals surface area contributed by atoms with Gasteiger partial charge in [-0.15, -0.1) is 0 Å². The summed E-state index contributed by atoms with van der Waals surface area (Å²) in [7, 11) is 1.21. The maximum atomic E-state index is 11.6. The zero-order valence-corrected chi connectivity index (χ0v) is 11.5. The largest absolute Gasteiger partial charge is 0.479 e. The molecule has 1 atom stereocenters. The van der Waals surface area contributed by atoms with Crippen LogP contribution in [0.25, 0.3) is 0 Å². The van der Waals surface area contributed by atoms with Crippen molar-refractivity contribution in [2.24, 2.45) is 0 Å². The fourth-order valence-corrected chi connectivity index (χ4v) is 1.52. The summed E-state index contributed by atoms with van der Waals surface area (Å²) in [6.07, 6.45) is -1.16. The Hall–Kier alpha value is -2.68. The molecule has 114 valence electrons. The van der Waals surface area contributed by atoms with E-state index in [1.807, 2.05) is 0 Å². The Morgan fingerprint density at radius 3 is 2.67 bits per heavy atom. The number of urea groups is 1. The smallest absolute Gasteiger partial charge is 0.334 e. The van der Waals surface area contributed by atoms with Crippen LogP contribution in [0.1, 0.15) is 5.56 Å². The summed E-state index contributed by atoms with van der Waals surface area (Å²) in [4.78, 5) is 32.5. The Bertz CT molecular complexity index is 560. The summed E-state index contributed by atoms with van der Waals surface area (Å²) in [6, 6.07) is 3.55. The Kier molecular flexibility index (Phi) is 5.61. The van der Waals surface area contributed by atoms with Gasteiger partial charge in [-0.2, -0.15) is 0 Å². The lowest BCUT2D eigenvalue weighted by Gasteiger charge is -2.12. The third-order valence-corrected chi connectivity index (χ3v) is 2.67. The summed E-state index contributed by atoms with van der Waals surface area (Å²) in [5.41, 5.74) is 0.582. The molecule has 2 amide bonds. The average molecular weight is 297 g/mol. The number of rotatable bonds is 6. The Balaban J connectivity index is 2.65. The number of nitrogens with zero attached hydrogens (tertiary/aromatic N) is 1. The molecule has 0 aromatic heterocycles. The minimum absolute atomic E-state index is 0.117. The Labute approximate surface area is 120 Å². The van der Waals surface area contributed by atoms with E-state index in [2.05, 4.69) is 15.4 Å². The van der Waals surface area contributed by atoms with E-state index in [4.69, 9.17) is 5.11 Å². The maximum absolute atomic E-state index is 11.6. The second-order valence-corrected chi connectivity index (χ2v) is 4.16. The first kappa shape index (κ1) is 16.4. The monoisotopic (exact) mass is 297 g/mol. The summed E-state index contributed by atoms with van der Waals surface area (Å²) >= 11 is 0. The van der Waals surface area contributed by atoms with Gasteiger partial charge in [0.25, 0.3) is 5.69 Å². The van der Waals surface area contributed by atoms with Crippen LogP contribution in [0.15, 0.2) is 18.2 Å². The van der Waals surface area contributed by atoms with E-state index >= 15 is 0 Å². The minimum atomic E-state index is -1.20. The third kappa shape index (κ3) is 4.73. The number of methoxy groups -OCH3 is 1. The first-order chi connectivity index (χ1) is 9.85. The molecule has 0 spiro atoms. The van der Waals surface area contributed by atoms with E-state index in [-0.39, 0.29) is 17.9 Å². The number of nitro benzene ring substituents is 1. The molecule has 0 aliphatic heterocycles. The van der Waals surface area contributed by atoms with E-state index in [1.54, 1.807) is 6.92 Å². The third-order valence-electron chi connectivity index (χ3n) is 2.67. The number of nitrogens with one attached hydrogen (secondary N) is 2. The summed E-state index contributed by atoms with van der Waals surface area (Å²) in [5, 5.41) is 24.2. The van der Waals surface area contributed by atoms with Gasteiger partial charge in [0.1, 0.15) is 0 Å². The van der Waals surface area contributed by atoms with E-state index in [9.17, 15) is 19.7 Å². The molecule has 0 radical (unpaired) electrons. The van der Waals surface area contributed by atoms with Gasteiger partial charge in [-0.25, -0.2) is 9.59 Å². The molecule has 0 heterocycles. The molecule has 9 heteroatoms. The molecule has 0 aliphatic carbocycles. The van der Waals surface area contributed by atoms with Gasteiger partial charge in [0.05, 0.1) is 11.5 Å². The van der Waals surface area contributed by atoms with E-state index in [0.717, 1.165) is 0 Å². The molecule has 1 rings (SSSR count). The fraction of sp³-hybridized carbons (Fsp3) is 0.333. The van der Waals surface area contributed by atoms with Crippen molar-refractivity contribution in [2.75, 3.05) is 19.0 Å². The number of ether oxygens (including phenoxy) is 1. The van der Waals surface area contributed by atoms with Gasteiger partial charge in [-0.05, 0) is 13.0 Å². The van der Waals surface area contributed by atoms with Crippen molar-refractivity contribution in [1.82, 2.24) is 5.32 Å². The van der Waals surface area contributed by atoms with Crippen LogP contribution in [0.5, 0.6) is 0 Å². The molecule has 9 nitrogen and oxygen atoms in total. The number of anilines is 1. The molecule has 21 heavy (non-hydrogen) atoms. The molecule has 0 fully saturated rings. The molecule has 0 aliphatic rings. The molecule has 1 aromatic carbocycles. The van der Waals surface area contributed by atoms with E-state index in [1.165, 1.54) is 25.3 Å². The molecule has 1 unspecified atom stereocenters.